The van der Waals surface area contributed by atoms with Crippen LogP contribution in [-0.4, -0.2) is 68.8 Å². The van der Waals surface area contributed by atoms with Crippen molar-refractivity contribution in [2.75, 3.05) is 51.8 Å². The number of hydrogen-bond acceptors (Lipinski definition) is 3. The Balaban J connectivity index is 2.12. The fraction of sp³-hybridized carbons (Fsp3) is 0.933. The molecule has 1 fully saturated rings. The zero-order valence-electron chi connectivity index (χ0n) is 14.1. The summed E-state index contributed by atoms with van der Waals surface area (Å²) in [5.41, 5.74) is 0. The van der Waals surface area contributed by atoms with E-state index in [9.17, 15) is 13.2 Å². The minimum absolute atomic E-state index is 0.501. The van der Waals surface area contributed by atoms with Crippen molar-refractivity contribution in [1.82, 2.24) is 15.5 Å². The van der Waals surface area contributed by atoms with Gasteiger partial charge in [-0.1, -0.05) is 0 Å². The lowest BCUT2D eigenvalue weighted by molar-refractivity contribution is -0.148. The third-order valence-electron chi connectivity index (χ3n) is 4.00. The molecule has 0 aromatic carbocycles. The molecule has 4 nitrogen and oxygen atoms in total. The first kappa shape index (κ1) is 20.4. The summed E-state index contributed by atoms with van der Waals surface area (Å²) < 4.78 is 37.0. The molecule has 0 saturated carbocycles. The molecule has 1 rings (SSSR count). The molecule has 8 heteroatoms. The van der Waals surface area contributed by atoms with Crippen molar-refractivity contribution in [3.05, 3.63) is 0 Å². The van der Waals surface area contributed by atoms with Crippen LogP contribution in [0.15, 0.2) is 4.99 Å². The summed E-state index contributed by atoms with van der Waals surface area (Å²) >= 11 is 1.83. The second-order valence-electron chi connectivity index (χ2n) is 5.90. The molecule has 0 radical (unpaired) electrons. The number of nitrogens with one attached hydrogen (secondary N) is 2. The Labute approximate surface area is 141 Å². The maximum absolute atomic E-state index is 12.3. The van der Waals surface area contributed by atoms with Gasteiger partial charge in [-0.25, -0.2) is 0 Å². The predicted molar refractivity (Wildman–Crippen MR) is 92.2 cm³/mol. The average Bonchev–Trinajstić information content (AvgIpc) is 2.50. The molecule has 0 aromatic heterocycles. The van der Waals surface area contributed by atoms with Gasteiger partial charge in [0.25, 0.3) is 0 Å². The summed E-state index contributed by atoms with van der Waals surface area (Å²) in [5.74, 6) is 2.43. The first-order chi connectivity index (χ1) is 10.9. The van der Waals surface area contributed by atoms with Crippen molar-refractivity contribution in [2.24, 2.45) is 10.9 Å². The highest BCUT2D eigenvalue weighted by Gasteiger charge is 2.32. The topological polar surface area (TPSA) is 39.7 Å². The van der Waals surface area contributed by atoms with Crippen molar-refractivity contribution >= 4 is 17.7 Å². The van der Waals surface area contributed by atoms with E-state index in [1.165, 1.54) is 4.90 Å². The lowest BCUT2D eigenvalue weighted by Gasteiger charge is -2.32. The maximum Gasteiger partial charge on any atom is 0.401 e. The lowest BCUT2D eigenvalue weighted by Crippen LogP contribution is -2.41. The van der Waals surface area contributed by atoms with E-state index in [1.807, 2.05) is 11.8 Å². The van der Waals surface area contributed by atoms with E-state index in [-0.39, 0.29) is 0 Å². The van der Waals surface area contributed by atoms with E-state index < -0.39 is 12.7 Å². The Hall–Kier alpha value is -0.630. The van der Waals surface area contributed by atoms with Gasteiger partial charge >= 0.3 is 6.18 Å². The second kappa shape index (κ2) is 11.0. The van der Waals surface area contributed by atoms with Crippen LogP contribution in [0.3, 0.4) is 0 Å². The molecule has 0 spiro atoms. The number of aliphatic imine (C=N–C) groups is 1. The summed E-state index contributed by atoms with van der Waals surface area (Å²) in [6, 6.07) is 0. The third-order valence-corrected chi connectivity index (χ3v) is 4.69. The van der Waals surface area contributed by atoms with Crippen LogP contribution in [0.5, 0.6) is 0 Å². The van der Waals surface area contributed by atoms with Gasteiger partial charge in [-0.15, -0.1) is 0 Å². The number of thioether (sulfide) groups is 1. The highest BCUT2D eigenvalue weighted by atomic mass is 32.2. The van der Waals surface area contributed by atoms with Gasteiger partial charge in [-0.2, -0.15) is 24.9 Å². The normalized spacial score (nSPS) is 18.2. The standard InChI is InChI=1S/C15H29F3N4S/c1-19-14(20-7-3-11-23-2)21-8-4-13-5-9-22(10-6-13)12-15(16,17)18/h13H,3-12H2,1-2H3,(H2,19,20,21). The molecular formula is C15H29F3N4S. The molecule has 0 bridgehead atoms. The van der Waals surface area contributed by atoms with E-state index in [2.05, 4.69) is 21.9 Å². The Morgan fingerprint density at radius 1 is 1.22 bits per heavy atom. The van der Waals surface area contributed by atoms with Gasteiger partial charge in [0.15, 0.2) is 5.96 Å². The fourth-order valence-corrected chi connectivity index (χ4v) is 3.16. The Morgan fingerprint density at radius 3 is 2.43 bits per heavy atom. The van der Waals surface area contributed by atoms with Gasteiger partial charge in [0.05, 0.1) is 6.54 Å². The molecule has 1 aliphatic rings. The summed E-state index contributed by atoms with van der Waals surface area (Å²) in [5, 5.41) is 6.55. The first-order valence-corrected chi connectivity index (χ1v) is 9.56. The minimum Gasteiger partial charge on any atom is -0.356 e. The molecule has 1 saturated heterocycles. The zero-order chi connectivity index (χ0) is 17.1. The van der Waals surface area contributed by atoms with Crippen molar-refractivity contribution in [3.63, 3.8) is 0 Å². The number of piperidine rings is 1. The van der Waals surface area contributed by atoms with Gasteiger partial charge in [0.2, 0.25) is 0 Å². The number of rotatable bonds is 8. The molecule has 2 N–H and O–H groups in total. The van der Waals surface area contributed by atoms with Crippen LogP contribution in [0, 0.1) is 5.92 Å². The van der Waals surface area contributed by atoms with E-state index in [1.54, 1.807) is 7.05 Å². The molecule has 0 aromatic rings. The van der Waals surface area contributed by atoms with Gasteiger partial charge in [-0.3, -0.25) is 9.89 Å². The van der Waals surface area contributed by atoms with Crippen molar-refractivity contribution in [1.29, 1.82) is 0 Å². The van der Waals surface area contributed by atoms with Crippen LogP contribution >= 0.6 is 11.8 Å². The monoisotopic (exact) mass is 354 g/mol. The van der Waals surface area contributed by atoms with Crippen molar-refractivity contribution in [2.45, 2.75) is 31.9 Å². The smallest absolute Gasteiger partial charge is 0.356 e. The highest BCUT2D eigenvalue weighted by Crippen LogP contribution is 2.23. The third kappa shape index (κ3) is 9.96. The molecule has 0 amide bonds. The van der Waals surface area contributed by atoms with Crippen molar-refractivity contribution in [3.8, 4) is 0 Å². The Bertz CT molecular complexity index is 342. The van der Waals surface area contributed by atoms with Gasteiger partial charge in [0, 0.05) is 20.1 Å². The average molecular weight is 354 g/mol. The maximum atomic E-state index is 12.3. The zero-order valence-corrected chi connectivity index (χ0v) is 14.9. The largest absolute Gasteiger partial charge is 0.401 e. The van der Waals surface area contributed by atoms with Crippen LogP contribution in [0.1, 0.15) is 25.7 Å². The fourth-order valence-electron chi connectivity index (χ4n) is 2.73. The summed E-state index contributed by atoms with van der Waals surface area (Å²) in [7, 11) is 1.75. The number of alkyl halides is 3. The molecule has 0 unspecified atom stereocenters. The predicted octanol–water partition coefficient (Wildman–Crippen LogP) is 2.57. The quantitative estimate of drug-likeness (QED) is 0.399. The number of likely N-dealkylation sites (tertiary alicyclic amines) is 1. The van der Waals surface area contributed by atoms with Crippen LogP contribution in [0.25, 0.3) is 0 Å². The van der Waals surface area contributed by atoms with E-state index in [0.717, 1.165) is 50.5 Å². The number of hydrogen-bond donors (Lipinski definition) is 2. The van der Waals surface area contributed by atoms with E-state index in [0.29, 0.717) is 19.0 Å². The van der Waals surface area contributed by atoms with Gasteiger partial charge in [0.1, 0.15) is 0 Å². The molecule has 1 heterocycles. The number of guanidine groups is 1. The van der Waals surface area contributed by atoms with Crippen LogP contribution < -0.4 is 10.6 Å². The van der Waals surface area contributed by atoms with Crippen LogP contribution in [-0.2, 0) is 0 Å². The van der Waals surface area contributed by atoms with Crippen LogP contribution in [0.4, 0.5) is 13.2 Å². The Kier molecular flexibility index (Phi) is 9.78. The van der Waals surface area contributed by atoms with Crippen molar-refractivity contribution < 1.29 is 13.2 Å². The molecule has 0 atom stereocenters. The van der Waals surface area contributed by atoms with Gasteiger partial charge in [-0.05, 0) is 56.7 Å². The summed E-state index contributed by atoms with van der Waals surface area (Å²) in [6.45, 7) is 2.03. The molecule has 136 valence electrons. The highest BCUT2D eigenvalue weighted by molar-refractivity contribution is 7.98. The summed E-state index contributed by atoms with van der Waals surface area (Å²) in [4.78, 5) is 5.69. The summed E-state index contributed by atoms with van der Waals surface area (Å²) in [6.07, 6.45) is 1.77. The Morgan fingerprint density at radius 2 is 1.87 bits per heavy atom. The number of halogens is 3. The van der Waals surface area contributed by atoms with Crippen LogP contribution in [0.2, 0.25) is 0 Å². The molecule has 23 heavy (non-hydrogen) atoms. The minimum atomic E-state index is -4.08. The molecule has 0 aliphatic carbocycles. The van der Waals surface area contributed by atoms with E-state index in [4.69, 9.17) is 0 Å². The molecular weight excluding hydrogens is 325 g/mol. The SMILES string of the molecule is CN=C(NCCCSC)NCCC1CCN(CC(F)(F)F)CC1. The lowest BCUT2D eigenvalue weighted by atomic mass is 9.93. The second-order valence-corrected chi connectivity index (χ2v) is 6.88. The molecule has 1 aliphatic heterocycles. The van der Waals surface area contributed by atoms with E-state index >= 15 is 0 Å². The number of nitrogens with zero attached hydrogens (tertiary/aromatic N) is 2. The first-order valence-electron chi connectivity index (χ1n) is 8.17. The van der Waals surface area contributed by atoms with Gasteiger partial charge < -0.3 is 10.6 Å².